The summed E-state index contributed by atoms with van der Waals surface area (Å²) in [6.07, 6.45) is 0.454. The Morgan fingerprint density at radius 1 is 1.05 bits per heavy atom. The molecular weight excluding hydrogens is 647 g/mol. The second-order valence-electron chi connectivity index (χ2n) is 7.56. The monoisotopic (exact) mass is 668 g/mol. The standard InChI is InChI=1S/C22H21F4IN6O4S/c1-28-38(36,37)33-21-18(25)11(4-5-29-21)8-12-9-14(22(35)32-30-6-7-34)20(19(26)17(12)24)31-16-3-2-13(27)10-15(16)23/h2-5,9-10,28,30-31,34H,6-8H2,1H3,(H,29,33)(H,32,35). The van der Waals surface area contributed by atoms with Crippen LogP contribution in [0.5, 0.6) is 0 Å². The van der Waals surface area contributed by atoms with E-state index >= 15 is 8.78 Å². The van der Waals surface area contributed by atoms with Crippen LogP contribution in [0.25, 0.3) is 0 Å². The van der Waals surface area contributed by atoms with Crippen LogP contribution in [0.4, 0.5) is 34.8 Å². The third-order valence-corrected chi connectivity index (χ3v) is 6.68. The first kappa shape index (κ1) is 29.5. The molecule has 1 amide bonds. The van der Waals surface area contributed by atoms with E-state index in [0.29, 0.717) is 3.57 Å². The first-order valence-electron chi connectivity index (χ1n) is 10.7. The van der Waals surface area contributed by atoms with E-state index in [1.807, 2.05) is 32.0 Å². The highest BCUT2D eigenvalue weighted by Gasteiger charge is 2.25. The molecule has 6 N–H and O–H groups in total. The number of benzene rings is 2. The van der Waals surface area contributed by atoms with E-state index in [0.717, 1.165) is 31.4 Å². The minimum absolute atomic E-state index is 0.0652. The quantitative estimate of drug-likeness (QED) is 0.0799. The van der Waals surface area contributed by atoms with Gasteiger partial charge in [-0.3, -0.25) is 14.9 Å². The molecule has 0 aliphatic rings. The van der Waals surface area contributed by atoms with E-state index in [4.69, 9.17) is 5.11 Å². The number of halogens is 5. The van der Waals surface area contributed by atoms with Crippen LogP contribution < -0.4 is 25.6 Å². The summed E-state index contributed by atoms with van der Waals surface area (Å²) in [5.41, 5.74) is 2.46. The number of aromatic nitrogens is 1. The van der Waals surface area contributed by atoms with Crippen LogP contribution in [0.1, 0.15) is 21.5 Å². The highest BCUT2D eigenvalue weighted by Crippen LogP contribution is 2.32. The Hall–Kier alpha value is -3.06. The summed E-state index contributed by atoms with van der Waals surface area (Å²) in [7, 11) is -3.04. The zero-order chi connectivity index (χ0) is 28.0. The lowest BCUT2D eigenvalue weighted by molar-refractivity contribution is 0.0930. The number of aliphatic hydroxyl groups excluding tert-OH is 1. The number of hydrogen-bond acceptors (Lipinski definition) is 7. The van der Waals surface area contributed by atoms with Gasteiger partial charge in [0.05, 0.1) is 23.5 Å². The minimum Gasteiger partial charge on any atom is -0.395 e. The maximum absolute atomic E-state index is 15.3. The van der Waals surface area contributed by atoms with Gasteiger partial charge >= 0.3 is 0 Å². The summed E-state index contributed by atoms with van der Waals surface area (Å²) in [6, 6.07) is 5.98. The van der Waals surface area contributed by atoms with Gasteiger partial charge in [-0.1, -0.05) is 0 Å². The van der Waals surface area contributed by atoms with Crippen molar-refractivity contribution in [2.45, 2.75) is 6.42 Å². The van der Waals surface area contributed by atoms with Crippen molar-refractivity contribution in [3.8, 4) is 0 Å². The number of rotatable bonds is 11. The minimum atomic E-state index is -4.12. The number of hydrazine groups is 1. The molecule has 0 atom stereocenters. The molecule has 0 unspecified atom stereocenters. The van der Waals surface area contributed by atoms with Crippen molar-refractivity contribution < 1.29 is 35.9 Å². The number of aliphatic hydroxyl groups is 1. The number of carbonyl (C=O) groups is 1. The molecule has 204 valence electrons. The molecule has 38 heavy (non-hydrogen) atoms. The predicted molar refractivity (Wildman–Crippen MR) is 140 cm³/mol. The fourth-order valence-corrected chi connectivity index (χ4v) is 4.13. The molecule has 0 aliphatic carbocycles. The Labute approximate surface area is 228 Å². The summed E-state index contributed by atoms with van der Waals surface area (Å²) in [6.45, 7) is -0.409. The first-order chi connectivity index (χ1) is 18.0. The number of hydrogen-bond donors (Lipinski definition) is 6. The number of pyridine rings is 1. The average Bonchev–Trinajstić information content (AvgIpc) is 2.87. The Morgan fingerprint density at radius 2 is 1.79 bits per heavy atom. The number of amides is 1. The summed E-state index contributed by atoms with van der Waals surface area (Å²) >= 11 is 1.86. The third-order valence-electron chi connectivity index (χ3n) is 5.01. The van der Waals surface area contributed by atoms with Crippen molar-refractivity contribution in [1.82, 2.24) is 20.6 Å². The maximum Gasteiger partial charge on any atom is 0.300 e. The summed E-state index contributed by atoms with van der Waals surface area (Å²) in [5, 5.41) is 11.3. The van der Waals surface area contributed by atoms with Crippen LogP contribution in [-0.2, 0) is 16.6 Å². The molecule has 0 spiro atoms. The highest BCUT2D eigenvalue weighted by atomic mass is 127. The molecule has 1 aromatic heterocycles. The largest absolute Gasteiger partial charge is 0.395 e. The SMILES string of the molecule is CNS(=O)(=O)Nc1nccc(Cc2cc(C(=O)NNCCO)c(Nc3ccc(I)cc3F)c(F)c2F)c1F. The van der Waals surface area contributed by atoms with E-state index in [1.165, 1.54) is 12.1 Å². The fraction of sp³-hybridized carbons (Fsp3) is 0.182. The molecule has 3 aromatic rings. The van der Waals surface area contributed by atoms with Crippen molar-refractivity contribution in [1.29, 1.82) is 0 Å². The van der Waals surface area contributed by atoms with E-state index in [2.05, 4.69) is 21.2 Å². The van der Waals surface area contributed by atoms with Crippen molar-refractivity contribution in [2.75, 3.05) is 30.2 Å². The van der Waals surface area contributed by atoms with Gasteiger partial charge in [0.2, 0.25) is 0 Å². The molecule has 1 heterocycles. The van der Waals surface area contributed by atoms with Gasteiger partial charge in [-0.2, -0.15) is 8.42 Å². The third kappa shape index (κ3) is 7.07. The Kier molecular flexibility index (Phi) is 9.82. The molecule has 10 nitrogen and oxygen atoms in total. The molecular formula is C22H21F4IN6O4S. The zero-order valence-electron chi connectivity index (χ0n) is 19.5. The number of anilines is 3. The molecule has 3 rings (SSSR count). The van der Waals surface area contributed by atoms with Crippen molar-refractivity contribution in [3.63, 3.8) is 0 Å². The Bertz CT molecular complexity index is 1460. The lowest BCUT2D eigenvalue weighted by Crippen LogP contribution is -2.39. The lowest BCUT2D eigenvalue weighted by atomic mass is 9.99. The van der Waals surface area contributed by atoms with Gasteiger partial charge in [0.25, 0.3) is 16.1 Å². The number of nitrogens with one attached hydrogen (secondary N) is 5. The maximum atomic E-state index is 15.3. The predicted octanol–water partition coefficient (Wildman–Crippen LogP) is 2.68. The van der Waals surface area contributed by atoms with E-state index < -0.39 is 68.4 Å². The molecule has 0 radical (unpaired) electrons. The van der Waals surface area contributed by atoms with Gasteiger partial charge in [-0.05, 0) is 64.0 Å². The lowest BCUT2D eigenvalue weighted by Gasteiger charge is -2.17. The first-order valence-corrected chi connectivity index (χ1v) is 13.2. The van der Waals surface area contributed by atoms with Gasteiger partial charge in [0.1, 0.15) is 5.82 Å². The second kappa shape index (κ2) is 12.7. The number of carbonyl (C=O) groups excluding carboxylic acids is 1. The van der Waals surface area contributed by atoms with Gasteiger partial charge < -0.3 is 10.4 Å². The summed E-state index contributed by atoms with van der Waals surface area (Å²) in [5.74, 6) is -6.59. The molecule has 16 heteroatoms. The molecule has 0 saturated carbocycles. The topological polar surface area (TPSA) is 144 Å². The van der Waals surface area contributed by atoms with Gasteiger partial charge in [-0.15, -0.1) is 0 Å². The van der Waals surface area contributed by atoms with Crippen molar-refractivity contribution >= 4 is 55.9 Å². The van der Waals surface area contributed by atoms with Crippen LogP contribution in [0, 0.1) is 26.8 Å². The Balaban J connectivity index is 2.07. The average molecular weight is 668 g/mol. The molecule has 0 fully saturated rings. The smallest absolute Gasteiger partial charge is 0.300 e. The summed E-state index contributed by atoms with van der Waals surface area (Å²) < 4.78 is 87.6. The molecule has 0 saturated heterocycles. The van der Waals surface area contributed by atoms with E-state index in [1.54, 1.807) is 0 Å². The number of nitrogens with zero attached hydrogens (tertiary/aromatic N) is 1. The van der Waals surface area contributed by atoms with Crippen LogP contribution >= 0.6 is 22.6 Å². The van der Waals surface area contributed by atoms with Crippen LogP contribution in [0.15, 0.2) is 36.5 Å². The molecule has 2 aromatic carbocycles. The van der Waals surface area contributed by atoms with Gasteiger partial charge in [0.15, 0.2) is 23.3 Å². The fourth-order valence-electron chi connectivity index (χ4n) is 3.18. The highest BCUT2D eigenvalue weighted by molar-refractivity contribution is 14.1. The summed E-state index contributed by atoms with van der Waals surface area (Å²) in [4.78, 5) is 16.4. The normalized spacial score (nSPS) is 11.3. The van der Waals surface area contributed by atoms with Gasteiger partial charge in [-0.25, -0.2) is 32.7 Å². The van der Waals surface area contributed by atoms with Crippen LogP contribution in [-0.4, -0.2) is 44.6 Å². The van der Waals surface area contributed by atoms with E-state index in [9.17, 15) is 22.0 Å². The van der Waals surface area contributed by atoms with Crippen molar-refractivity contribution in [2.24, 2.45) is 0 Å². The molecule has 0 aliphatic heterocycles. The van der Waals surface area contributed by atoms with Crippen LogP contribution in [0.3, 0.4) is 0 Å². The Morgan fingerprint density at radius 3 is 2.45 bits per heavy atom. The van der Waals surface area contributed by atoms with Gasteiger partial charge in [0, 0.05) is 29.8 Å². The second-order valence-corrected chi connectivity index (χ2v) is 10.4. The van der Waals surface area contributed by atoms with Crippen molar-refractivity contribution in [3.05, 3.63) is 80.1 Å². The molecule has 0 bridgehead atoms. The van der Waals surface area contributed by atoms with E-state index in [-0.39, 0.29) is 24.4 Å². The zero-order valence-corrected chi connectivity index (χ0v) is 22.5. The van der Waals surface area contributed by atoms with Crippen LogP contribution in [0.2, 0.25) is 0 Å².